The average molecular weight is 254 g/mol. The zero-order chi connectivity index (χ0) is 12.3. The molecule has 1 aromatic carbocycles. The van der Waals surface area contributed by atoms with Gasteiger partial charge in [-0.05, 0) is 12.1 Å². The Morgan fingerprint density at radius 2 is 2.24 bits per heavy atom. The minimum atomic E-state index is -0.795. The summed E-state index contributed by atoms with van der Waals surface area (Å²) in [5, 5.41) is 4.10. The molecule has 0 aliphatic carbocycles. The van der Waals surface area contributed by atoms with Crippen LogP contribution in [0, 0.1) is 11.6 Å². The summed E-state index contributed by atoms with van der Waals surface area (Å²) in [6.45, 7) is 0. The lowest BCUT2D eigenvalue weighted by atomic mass is 10.2. The first-order valence-electron chi connectivity index (χ1n) is 4.77. The summed E-state index contributed by atoms with van der Waals surface area (Å²) in [4.78, 5) is 15.4. The Morgan fingerprint density at radius 3 is 2.88 bits per heavy atom. The van der Waals surface area contributed by atoms with Gasteiger partial charge < -0.3 is 5.32 Å². The zero-order valence-electron chi connectivity index (χ0n) is 8.61. The molecule has 88 valence electrons. The van der Waals surface area contributed by atoms with Crippen molar-refractivity contribution in [3.8, 4) is 0 Å². The molecule has 1 N–H and O–H groups in total. The molecule has 0 aliphatic heterocycles. The Hall–Kier alpha value is -1.82. The summed E-state index contributed by atoms with van der Waals surface area (Å²) in [6, 6.07) is 2.99. The Morgan fingerprint density at radius 1 is 1.41 bits per heavy atom. The highest BCUT2D eigenvalue weighted by Crippen LogP contribution is 2.15. The van der Waals surface area contributed by atoms with Gasteiger partial charge in [0.2, 0.25) is 5.91 Å². The number of halogens is 2. The van der Waals surface area contributed by atoms with E-state index in [1.165, 1.54) is 17.4 Å². The minimum Gasteiger partial charge on any atom is -0.323 e. The molecule has 1 amide bonds. The molecule has 0 bridgehead atoms. The van der Waals surface area contributed by atoms with Crippen LogP contribution in [0.15, 0.2) is 29.1 Å². The maximum absolute atomic E-state index is 13.2. The van der Waals surface area contributed by atoms with Crippen LogP contribution >= 0.6 is 11.3 Å². The van der Waals surface area contributed by atoms with Crippen molar-refractivity contribution in [2.24, 2.45) is 0 Å². The molecule has 0 fully saturated rings. The molecule has 6 heteroatoms. The molecule has 1 heterocycles. The first kappa shape index (κ1) is 11.7. The maximum Gasteiger partial charge on any atom is 0.230 e. The van der Waals surface area contributed by atoms with Crippen molar-refractivity contribution in [3.05, 3.63) is 46.4 Å². The quantitative estimate of drug-likeness (QED) is 0.914. The van der Waals surface area contributed by atoms with Crippen LogP contribution in [0.1, 0.15) is 5.69 Å². The number of hydrogen-bond donors (Lipinski definition) is 1. The van der Waals surface area contributed by atoms with E-state index in [9.17, 15) is 13.6 Å². The predicted octanol–water partition coefficient (Wildman–Crippen LogP) is 2.60. The molecule has 0 spiro atoms. The monoisotopic (exact) mass is 254 g/mol. The number of amides is 1. The Labute approximate surface area is 100 Å². The van der Waals surface area contributed by atoms with Gasteiger partial charge in [0, 0.05) is 11.4 Å². The Bertz CT molecular complexity index is 528. The van der Waals surface area contributed by atoms with E-state index in [2.05, 4.69) is 10.3 Å². The summed E-state index contributed by atoms with van der Waals surface area (Å²) in [5.74, 6) is -1.86. The van der Waals surface area contributed by atoms with E-state index in [4.69, 9.17) is 0 Å². The van der Waals surface area contributed by atoms with Crippen molar-refractivity contribution >= 4 is 22.9 Å². The van der Waals surface area contributed by atoms with Crippen LogP contribution in [0.4, 0.5) is 14.5 Å². The van der Waals surface area contributed by atoms with Crippen LogP contribution in [0.5, 0.6) is 0 Å². The second-order valence-corrected chi connectivity index (χ2v) is 4.05. The number of nitrogens with one attached hydrogen (secondary N) is 1. The van der Waals surface area contributed by atoms with Gasteiger partial charge in [-0.1, -0.05) is 0 Å². The lowest BCUT2D eigenvalue weighted by Crippen LogP contribution is -2.15. The molecular formula is C11H8F2N2OS. The van der Waals surface area contributed by atoms with Gasteiger partial charge in [0.15, 0.2) is 0 Å². The fourth-order valence-electron chi connectivity index (χ4n) is 1.27. The lowest BCUT2D eigenvalue weighted by molar-refractivity contribution is -0.115. The van der Waals surface area contributed by atoms with Crippen LogP contribution in [0.25, 0.3) is 0 Å². The standard InChI is InChI=1S/C11H8F2N2OS/c12-7-1-2-10(9(13)3-7)15-11(16)4-8-5-17-6-14-8/h1-3,5-6H,4H2,(H,15,16). The van der Waals surface area contributed by atoms with Gasteiger partial charge in [0.1, 0.15) is 11.6 Å². The lowest BCUT2D eigenvalue weighted by Gasteiger charge is -2.05. The normalized spacial score (nSPS) is 10.2. The van der Waals surface area contributed by atoms with E-state index in [0.717, 1.165) is 12.1 Å². The van der Waals surface area contributed by atoms with Crippen LogP contribution in [-0.2, 0) is 11.2 Å². The fourth-order valence-corrected chi connectivity index (χ4v) is 1.83. The van der Waals surface area contributed by atoms with E-state index >= 15 is 0 Å². The van der Waals surface area contributed by atoms with Gasteiger partial charge >= 0.3 is 0 Å². The number of carbonyl (C=O) groups excluding carboxylic acids is 1. The molecule has 0 saturated heterocycles. The second-order valence-electron chi connectivity index (χ2n) is 3.33. The van der Waals surface area contributed by atoms with Crippen molar-refractivity contribution in [2.75, 3.05) is 5.32 Å². The number of thiazole rings is 1. The third-order valence-corrected chi connectivity index (χ3v) is 2.67. The number of hydrogen-bond acceptors (Lipinski definition) is 3. The molecular weight excluding hydrogens is 246 g/mol. The summed E-state index contributed by atoms with van der Waals surface area (Å²) in [5.41, 5.74) is 2.20. The SMILES string of the molecule is O=C(Cc1cscn1)Nc1ccc(F)cc1F. The largest absolute Gasteiger partial charge is 0.323 e. The van der Waals surface area contributed by atoms with Gasteiger partial charge in [-0.25, -0.2) is 13.8 Å². The van der Waals surface area contributed by atoms with Gasteiger partial charge in [-0.15, -0.1) is 11.3 Å². The van der Waals surface area contributed by atoms with Crippen molar-refractivity contribution in [1.82, 2.24) is 4.98 Å². The third-order valence-electron chi connectivity index (χ3n) is 2.03. The smallest absolute Gasteiger partial charge is 0.230 e. The van der Waals surface area contributed by atoms with Gasteiger partial charge in [0.25, 0.3) is 0 Å². The fraction of sp³-hybridized carbons (Fsp3) is 0.0909. The molecule has 0 unspecified atom stereocenters. The predicted molar refractivity (Wildman–Crippen MR) is 60.8 cm³/mol. The molecule has 0 aliphatic rings. The van der Waals surface area contributed by atoms with Crippen molar-refractivity contribution in [3.63, 3.8) is 0 Å². The molecule has 1 aromatic heterocycles. The van der Waals surface area contributed by atoms with E-state index in [0.29, 0.717) is 5.69 Å². The van der Waals surface area contributed by atoms with Crippen molar-refractivity contribution in [2.45, 2.75) is 6.42 Å². The van der Waals surface area contributed by atoms with Crippen LogP contribution in [-0.4, -0.2) is 10.9 Å². The highest BCUT2D eigenvalue weighted by molar-refractivity contribution is 7.07. The molecule has 2 rings (SSSR count). The highest BCUT2D eigenvalue weighted by Gasteiger charge is 2.09. The topological polar surface area (TPSA) is 42.0 Å². The summed E-state index contributed by atoms with van der Waals surface area (Å²) in [7, 11) is 0. The van der Waals surface area contributed by atoms with Crippen molar-refractivity contribution in [1.29, 1.82) is 0 Å². The molecule has 2 aromatic rings. The minimum absolute atomic E-state index is 0.0355. The molecule has 0 saturated carbocycles. The zero-order valence-corrected chi connectivity index (χ0v) is 9.43. The van der Waals surface area contributed by atoms with Gasteiger partial charge in [-0.2, -0.15) is 0 Å². The Balaban J connectivity index is 2.03. The molecule has 3 nitrogen and oxygen atoms in total. The number of anilines is 1. The first-order chi connectivity index (χ1) is 8.15. The summed E-state index contributed by atoms with van der Waals surface area (Å²) >= 11 is 1.38. The van der Waals surface area contributed by atoms with Gasteiger partial charge in [-0.3, -0.25) is 4.79 Å². The number of rotatable bonds is 3. The number of benzene rings is 1. The Kier molecular flexibility index (Phi) is 3.43. The van der Waals surface area contributed by atoms with E-state index < -0.39 is 11.6 Å². The van der Waals surface area contributed by atoms with Crippen LogP contribution in [0.3, 0.4) is 0 Å². The first-order valence-corrected chi connectivity index (χ1v) is 5.71. The summed E-state index contributed by atoms with van der Waals surface area (Å²) < 4.78 is 25.9. The van der Waals surface area contributed by atoms with Gasteiger partial charge in [0.05, 0.1) is 23.3 Å². The van der Waals surface area contributed by atoms with Crippen LogP contribution < -0.4 is 5.32 Å². The second kappa shape index (κ2) is 5.01. The van der Waals surface area contributed by atoms with Crippen LogP contribution in [0.2, 0.25) is 0 Å². The highest BCUT2D eigenvalue weighted by atomic mass is 32.1. The number of carbonyl (C=O) groups is 1. The maximum atomic E-state index is 13.2. The number of nitrogens with zero attached hydrogens (tertiary/aromatic N) is 1. The molecule has 0 atom stereocenters. The van der Waals surface area contributed by atoms with E-state index in [1.54, 1.807) is 10.9 Å². The van der Waals surface area contributed by atoms with Crippen molar-refractivity contribution < 1.29 is 13.6 Å². The van der Waals surface area contributed by atoms with E-state index in [-0.39, 0.29) is 18.0 Å². The molecule has 17 heavy (non-hydrogen) atoms. The molecule has 0 radical (unpaired) electrons. The average Bonchev–Trinajstić information content (AvgIpc) is 2.75. The van der Waals surface area contributed by atoms with E-state index in [1.807, 2.05) is 0 Å². The third kappa shape index (κ3) is 3.07. The number of aromatic nitrogens is 1. The summed E-state index contributed by atoms with van der Waals surface area (Å²) in [6.07, 6.45) is 0.0698.